The van der Waals surface area contributed by atoms with E-state index >= 15 is 0 Å². The van der Waals surface area contributed by atoms with Gasteiger partial charge in [0.05, 0.1) is 45.2 Å². The summed E-state index contributed by atoms with van der Waals surface area (Å²) in [5, 5.41) is 18.7. The Morgan fingerprint density at radius 3 is 1.27 bits per heavy atom. The van der Waals surface area contributed by atoms with Crippen molar-refractivity contribution < 1.29 is 29.3 Å². The second-order valence-corrected chi connectivity index (χ2v) is 12.2. The predicted octanol–water partition coefficient (Wildman–Crippen LogP) is 2.72. The van der Waals surface area contributed by atoms with Crippen molar-refractivity contribution in [2.24, 2.45) is 0 Å². The maximum Gasteiger partial charge on any atom is 0.252 e. The molecule has 2 saturated carbocycles. The molecule has 2 aliphatic rings. The lowest BCUT2D eigenvalue weighted by atomic mass is 9.91. The summed E-state index contributed by atoms with van der Waals surface area (Å²) in [5.41, 5.74) is 1.36. The second kappa shape index (κ2) is 19.4. The Bertz CT molecular complexity index is 1170. The number of rotatable bonds is 11. The van der Waals surface area contributed by atoms with Gasteiger partial charge in [-0.15, -0.1) is 0 Å². The van der Waals surface area contributed by atoms with Crippen LogP contribution in [0.5, 0.6) is 0 Å². The van der Waals surface area contributed by atoms with Gasteiger partial charge < -0.3 is 30.3 Å². The summed E-state index contributed by atoms with van der Waals surface area (Å²) in [5.74, 6) is -1.89. The second-order valence-electron chi connectivity index (χ2n) is 12.2. The molecule has 0 saturated heterocycles. The average Bonchev–Trinajstić information content (AvgIpc) is 3.74. The van der Waals surface area contributed by atoms with Crippen molar-refractivity contribution in [1.82, 2.24) is 10.6 Å². The molecule has 2 amide bonds. The number of fused-ring (bicyclic) bond motifs is 1. The summed E-state index contributed by atoms with van der Waals surface area (Å²) in [6, 6.07) is 6.58. The van der Waals surface area contributed by atoms with Crippen molar-refractivity contribution >= 4 is 28.6 Å². The van der Waals surface area contributed by atoms with E-state index in [1.165, 1.54) is 45.3 Å². The SMILES string of the molecule is CC[NH+](CC)CC.CC[NH+](CC)CC.Cc1ccc(C(=O)[O-])c2c(C(=O)NC3CCCC3)ccc(C(=O)NC3CCCC3)c12. The van der Waals surface area contributed by atoms with E-state index < -0.39 is 5.97 Å². The molecule has 8 nitrogen and oxygen atoms in total. The molecule has 0 radical (unpaired) electrons. The minimum atomic E-state index is -1.36. The Kier molecular flexibility index (Phi) is 16.4. The van der Waals surface area contributed by atoms with Gasteiger partial charge >= 0.3 is 0 Å². The zero-order valence-corrected chi connectivity index (χ0v) is 28.5. The number of hydrogen-bond donors (Lipinski definition) is 4. The van der Waals surface area contributed by atoms with E-state index in [2.05, 4.69) is 52.2 Å². The molecule has 0 aromatic heterocycles. The monoisotopic (exact) mass is 611 g/mol. The lowest BCUT2D eigenvalue weighted by Crippen LogP contribution is -3.11. The van der Waals surface area contributed by atoms with Crippen LogP contribution in [0.2, 0.25) is 0 Å². The summed E-state index contributed by atoms with van der Waals surface area (Å²) in [6.07, 6.45) is 8.11. The van der Waals surface area contributed by atoms with Crippen LogP contribution in [-0.4, -0.2) is 69.1 Å². The van der Waals surface area contributed by atoms with E-state index in [1.54, 1.807) is 28.0 Å². The molecule has 246 valence electrons. The molecule has 0 spiro atoms. The number of quaternary nitrogens is 2. The zero-order chi connectivity index (χ0) is 32.6. The number of carbonyl (C=O) groups excluding carboxylic acids is 3. The van der Waals surface area contributed by atoms with E-state index in [-0.39, 0.29) is 40.4 Å². The first-order valence-corrected chi connectivity index (χ1v) is 17.2. The van der Waals surface area contributed by atoms with Gasteiger partial charge in [0.1, 0.15) is 0 Å². The van der Waals surface area contributed by atoms with Gasteiger partial charge in [0.15, 0.2) is 0 Å². The minimum Gasteiger partial charge on any atom is -0.545 e. The molecule has 0 heterocycles. The third-order valence-electron chi connectivity index (χ3n) is 9.46. The highest BCUT2D eigenvalue weighted by Crippen LogP contribution is 2.31. The molecule has 0 bridgehead atoms. The van der Waals surface area contributed by atoms with E-state index in [9.17, 15) is 19.5 Å². The van der Waals surface area contributed by atoms with Gasteiger partial charge in [-0.3, -0.25) is 9.59 Å². The molecule has 4 rings (SSSR count). The standard InChI is InChI=1S/C24H28N2O4.2C6H15N/c1-14-10-11-19(24(29)30)21-18(23(28)26-16-8-4-5-9-16)13-12-17(20(14)21)22(27)25-15-6-2-3-7-15;2*1-4-7(5-2)6-3/h10-13,15-16H,2-9H2,1H3,(H,25,27)(H,26,28)(H,29,30);2*4-6H2,1-3H3/p+1. The number of nitrogens with one attached hydrogen (secondary N) is 4. The third kappa shape index (κ3) is 10.6. The lowest BCUT2D eigenvalue weighted by molar-refractivity contribution is -0.894. The van der Waals surface area contributed by atoms with Crippen LogP contribution < -0.4 is 25.5 Å². The smallest absolute Gasteiger partial charge is 0.252 e. The topological polar surface area (TPSA) is 107 Å². The van der Waals surface area contributed by atoms with Gasteiger partial charge in [0.25, 0.3) is 11.8 Å². The molecule has 2 aromatic carbocycles. The van der Waals surface area contributed by atoms with Crippen LogP contribution in [0.4, 0.5) is 0 Å². The molecule has 8 heteroatoms. The fraction of sp³-hybridized carbons (Fsp3) is 0.639. The number of benzene rings is 2. The highest BCUT2D eigenvalue weighted by atomic mass is 16.4. The number of carboxylic acid groups (broad SMARTS) is 1. The number of hydrogen-bond acceptors (Lipinski definition) is 4. The van der Waals surface area contributed by atoms with Crippen LogP contribution in [0, 0.1) is 6.92 Å². The van der Waals surface area contributed by atoms with E-state index in [1.807, 2.05) is 6.92 Å². The number of amides is 2. The maximum absolute atomic E-state index is 13.0. The first-order valence-electron chi connectivity index (χ1n) is 17.2. The highest BCUT2D eigenvalue weighted by molar-refractivity contribution is 6.19. The van der Waals surface area contributed by atoms with Crippen LogP contribution in [0.1, 0.15) is 130 Å². The molecular formula is C36H59N4O4+. The Labute approximate surface area is 265 Å². The quantitative estimate of drug-likeness (QED) is 0.314. The number of aromatic carboxylic acids is 1. The average molecular weight is 612 g/mol. The van der Waals surface area contributed by atoms with Crippen LogP contribution in [0.25, 0.3) is 10.8 Å². The van der Waals surface area contributed by atoms with Gasteiger partial charge in [-0.1, -0.05) is 37.8 Å². The van der Waals surface area contributed by atoms with Gasteiger partial charge in [-0.05, 0) is 97.2 Å². The van der Waals surface area contributed by atoms with Crippen LogP contribution in [-0.2, 0) is 0 Å². The summed E-state index contributed by atoms with van der Waals surface area (Å²) in [7, 11) is 0. The summed E-state index contributed by atoms with van der Waals surface area (Å²) in [6.45, 7) is 22.8. The van der Waals surface area contributed by atoms with Crippen LogP contribution in [0.3, 0.4) is 0 Å². The molecule has 0 atom stereocenters. The largest absolute Gasteiger partial charge is 0.545 e. The molecule has 2 aromatic rings. The molecule has 0 unspecified atom stereocenters. The number of aryl methyl sites for hydroxylation is 1. The summed E-state index contributed by atoms with van der Waals surface area (Å²) < 4.78 is 0. The molecule has 0 aliphatic heterocycles. The van der Waals surface area contributed by atoms with Gasteiger partial charge in [-0.25, -0.2) is 0 Å². The third-order valence-corrected chi connectivity index (χ3v) is 9.46. The van der Waals surface area contributed by atoms with Crippen LogP contribution in [0.15, 0.2) is 24.3 Å². The fourth-order valence-corrected chi connectivity index (χ4v) is 6.38. The van der Waals surface area contributed by atoms with E-state index in [0.717, 1.165) is 56.9 Å². The van der Waals surface area contributed by atoms with Crippen molar-refractivity contribution in [2.45, 2.75) is 112 Å². The number of carboxylic acids is 1. The first-order chi connectivity index (χ1) is 21.1. The summed E-state index contributed by atoms with van der Waals surface area (Å²) >= 11 is 0. The zero-order valence-electron chi connectivity index (χ0n) is 28.5. The number of carbonyl (C=O) groups is 3. The Morgan fingerprint density at radius 2 is 0.955 bits per heavy atom. The minimum absolute atomic E-state index is 0.0670. The maximum atomic E-state index is 13.0. The van der Waals surface area contributed by atoms with Crippen LogP contribution >= 0.6 is 0 Å². The van der Waals surface area contributed by atoms with Gasteiger partial charge in [0, 0.05) is 34.2 Å². The Morgan fingerprint density at radius 1 is 0.614 bits per heavy atom. The fourth-order valence-electron chi connectivity index (χ4n) is 6.38. The normalized spacial score (nSPS) is 15.1. The molecular weight excluding hydrogens is 552 g/mol. The van der Waals surface area contributed by atoms with Crippen molar-refractivity contribution in [1.29, 1.82) is 0 Å². The van der Waals surface area contributed by atoms with Gasteiger partial charge in [-0.2, -0.15) is 0 Å². The Hall–Kier alpha value is -2.97. The van der Waals surface area contributed by atoms with Gasteiger partial charge in [0.2, 0.25) is 0 Å². The predicted molar refractivity (Wildman–Crippen MR) is 178 cm³/mol. The van der Waals surface area contributed by atoms with E-state index in [4.69, 9.17) is 0 Å². The van der Waals surface area contributed by atoms with E-state index in [0.29, 0.717) is 10.9 Å². The molecule has 44 heavy (non-hydrogen) atoms. The van der Waals surface area contributed by atoms with Crippen molar-refractivity contribution in [3.05, 3.63) is 46.5 Å². The van der Waals surface area contributed by atoms with Crippen molar-refractivity contribution in [3.8, 4) is 0 Å². The molecule has 4 N–H and O–H groups in total. The highest BCUT2D eigenvalue weighted by Gasteiger charge is 2.25. The first kappa shape index (κ1) is 37.2. The Balaban J connectivity index is 0.000000402. The molecule has 2 fully saturated rings. The molecule has 2 aliphatic carbocycles. The lowest BCUT2D eigenvalue weighted by Gasteiger charge is -2.20. The van der Waals surface area contributed by atoms with Crippen molar-refractivity contribution in [3.63, 3.8) is 0 Å². The summed E-state index contributed by atoms with van der Waals surface area (Å²) in [4.78, 5) is 41.3. The van der Waals surface area contributed by atoms with Crippen molar-refractivity contribution in [2.75, 3.05) is 39.3 Å².